The summed E-state index contributed by atoms with van der Waals surface area (Å²) in [4.78, 5) is 12.0. The van der Waals surface area contributed by atoms with Crippen molar-refractivity contribution in [3.63, 3.8) is 0 Å². The van der Waals surface area contributed by atoms with Gasteiger partial charge in [-0.1, -0.05) is 30.3 Å². The molecule has 0 aliphatic heterocycles. The molecule has 0 radical (unpaired) electrons. The van der Waals surface area contributed by atoms with E-state index < -0.39 is 11.7 Å². The summed E-state index contributed by atoms with van der Waals surface area (Å²) in [6.07, 6.45) is -2.90. The van der Waals surface area contributed by atoms with Crippen molar-refractivity contribution in [1.29, 1.82) is 0 Å². The molecule has 1 fully saturated rings. The van der Waals surface area contributed by atoms with E-state index in [4.69, 9.17) is 0 Å². The van der Waals surface area contributed by atoms with Gasteiger partial charge in [-0.05, 0) is 36.1 Å². The molecule has 2 atom stereocenters. The topological polar surface area (TPSA) is 41.5 Å². The van der Waals surface area contributed by atoms with Gasteiger partial charge < -0.3 is 0 Å². The standard InChI is InChI=1S/C18H14F4N2O/c19-13-7-5-11(6-8-13)14-9-15(14)17(25)24-23-10-12-3-1-2-4-16(12)18(20,21)22/h1-8,10,14-15H,9H2,(H,24,25)/b23-10+. The molecule has 0 bridgehead atoms. The summed E-state index contributed by atoms with van der Waals surface area (Å²) in [6.45, 7) is 0. The Bertz CT molecular complexity index is 799. The minimum Gasteiger partial charge on any atom is -0.273 e. The maximum absolute atomic E-state index is 12.9. The molecule has 1 amide bonds. The van der Waals surface area contributed by atoms with Crippen LogP contribution in [-0.2, 0) is 11.0 Å². The number of alkyl halides is 3. The first-order valence-electron chi connectivity index (χ1n) is 7.61. The van der Waals surface area contributed by atoms with E-state index in [1.54, 1.807) is 12.1 Å². The summed E-state index contributed by atoms with van der Waals surface area (Å²) in [5.74, 6) is -1.04. The van der Waals surface area contributed by atoms with Gasteiger partial charge in [-0.25, -0.2) is 9.82 Å². The molecule has 2 aromatic carbocycles. The monoisotopic (exact) mass is 350 g/mol. The second-order valence-electron chi connectivity index (χ2n) is 5.82. The van der Waals surface area contributed by atoms with Crippen molar-refractivity contribution in [3.05, 3.63) is 71.0 Å². The van der Waals surface area contributed by atoms with Crippen molar-refractivity contribution in [2.24, 2.45) is 11.0 Å². The second kappa shape index (κ2) is 6.66. The average Bonchev–Trinajstić information content (AvgIpc) is 3.36. The van der Waals surface area contributed by atoms with Gasteiger partial charge >= 0.3 is 6.18 Å². The molecule has 0 heterocycles. The number of carbonyl (C=O) groups is 1. The van der Waals surface area contributed by atoms with E-state index in [0.29, 0.717) is 6.42 Å². The SMILES string of the molecule is O=C(N/N=C/c1ccccc1C(F)(F)F)C1CC1c1ccc(F)cc1. The van der Waals surface area contributed by atoms with E-state index in [9.17, 15) is 22.4 Å². The van der Waals surface area contributed by atoms with Crippen molar-refractivity contribution in [3.8, 4) is 0 Å². The predicted octanol–water partition coefficient (Wildman–Crippen LogP) is 4.10. The number of nitrogens with zero attached hydrogens (tertiary/aromatic N) is 1. The van der Waals surface area contributed by atoms with Gasteiger partial charge in [-0.3, -0.25) is 4.79 Å². The zero-order valence-corrected chi connectivity index (χ0v) is 12.9. The Kier molecular flexibility index (Phi) is 4.57. The van der Waals surface area contributed by atoms with Crippen molar-refractivity contribution in [1.82, 2.24) is 5.43 Å². The van der Waals surface area contributed by atoms with Crippen LogP contribution >= 0.6 is 0 Å². The Labute approximate surface area is 141 Å². The molecule has 0 aromatic heterocycles. The number of benzene rings is 2. The van der Waals surface area contributed by atoms with Crippen LogP contribution in [-0.4, -0.2) is 12.1 Å². The highest BCUT2D eigenvalue weighted by Crippen LogP contribution is 2.47. The molecular formula is C18H14F4N2O. The molecule has 130 valence electrons. The molecule has 2 unspecified atom stereocenters. The summed E-state index contributed by atoms with van der Waals surface area (Å²) in [5, 5.41) is 3.63. The minimum absolute atomic E-state index is 0.0155. The van der Waals surface area contributed by atoms with E-state index in [1.165, 1.54) is 30.3 Å². The van der Waals surface area contributed by atoms with Gasteiger partial charge in [-0.2, -0.15) is 18.3 Å². The third kappa shape index (κ3) is 4.04. The number of rotatable bonds is 4. The summed E-state index contributed by atoms with van der Waals surface area (Å²) < 4.78 is 51.5. The summed E-state index contributed by atoms with van der Waals surface area (Å²) >= 11 is 0. The van der Waals surface area contributed by atoms with Crippen LogP contribution in [0.15, 0.2) is 53.6 Å². The van der Waals surface area contributed by atoms with Crippen molar-refractivity contribution < 1.29 is 22.4 Å². The number of carbonyl (C=O) groups excluding carboxylic acids is 1. The Hall–Kier alpha value is -2.70. The van der Waals surface area contributed by atoms with E-state index in [-0.39, 0.29) is 29.1 Å². The van der Waals surface area contributed by atoms with Gasteiger partial charge in [0, 0.05) is 11.5 Å². The van der Waals surface area contributed by atoms with Crippen LogP contribution in [0.25, 0.3) is 0 Å². The number of hydrazone groups is 1. The lowest BCUT2D eigenvalue weighted by atomic mass is 10.1. The van der Waals surface area contributed by atoms with Gasteiger partial charge in [0.05, 0.1) is 11.8 Å². The van der Waals surface area contributed by atoms with Gasteiger partial charge in [0.2, 0.25) is 5.91 Å². The highest BCUT2D eigenvalue weighted by atomic mass is 19.4. The lowest BCUT2D eigenvalue weighted by molar-refractivity contribution is -0.137. The van der Waals surface area contributed by atoms with Crippen LogP contribution < -0.4 is 5.43 Å². The maximum atomic E-state index is 12.9. The van der Waals surface area contributed by atoms with Gasteiger partial charge in [0.15, 0.2) is 0 Å². The van der Waals surface area contributed by atoms with Crippen LogP contribution in [0.3, 0.4) is 0 Å². The molecule has 1 saturated carbocycles. The smallest absolute Gasteiger partial charge is 0.273 e. The second-order valence-corrected chi connectivity index (χ2v) is 5.82. The van der Waals surface area contributed by atoms with Crippen LogP contribution in [0.4, 0.5) is 17.6 Å². The largest absolute Gasteiger partial charge is 0.417 e. The highest BCUT2D eigenvalue weighted by Gasteiger charge is 2.43. The molecule has 1 aliphatic carbocycles. The van der Waals surface area contributed by atoms with E-state index in [1.807, 2.05) is 0 Å². The zero-order valence-electron chi connectivity index (χ0n) is 12.9. The normalized spacial score (nSPS) is 19.8. The maximum Gasteiger partial charge on any atom is 0.417 e. The Morgan fingerprint density at radius 1 is 1.12 bits per heavy atom. The van der Waals surface area contributed by atoms with E-state index >= 15 is 0 Å². The average molecular weight is 350 g/mol. The molecule has 3 nitrogen and oxygen atoms in total. The molecule has 25 heavy (non-hydrogen) atoms. The van der Waals surface area contributed by atoms with Crippen LogP contribution in [0.2, 0.25) is 0 Å². The molecule has 2 aromatic rings. The zero-order chi connectivity index (χ0) is 18.0. The molecule has 7 heteroatoms. The molecule has 3 rings (SSSR count). The van der Waals surface area contributed by atoms with Gasteiger partial charge in [0.25, 0.3) is 0 Å². The molecule has 0 saturated heterocycles. The summed E-state index contributed by atoms with van der Waals surface area (Å²) in [6, 6.07) is 10.9. The van der Waals surface area contributed by atoms with Crippen LogP contribution in [0, 0.1) is 11.7 Å². The Balaban J connectivity index is 1.61. The fourth-order valence-electron chi connectivity index (χ4n) is 2.68. The van der Waals surface area contributed by atoms with Gasteiger partial charge in [0.1, 0.15) is 5.82 Å². The third-order valence-electron chi connectivity index (χ3n) is 4.07. The Morgan fingerprint density at radius 2 is 1.80 bits per heavy atom. The van der Waals surface area contributed by atoms with E-state index in [2.05, 4.69) is 10.5 Å². The van der Waals surface area contributed by atoms with Crippen molar-refractivity contribution >= 4 is 12.1 Å². The molecule has 1 N–H and O–H groups in total. The number of halogens is 4. The number of hydrogen-bond acceptors (Lipinski definition) is 2. The first-order valence-corrected chi connectivity index (χ1v) is 7.61. The molecular weight excluding hydrogens is 336 g/mol. The predicted molar refractivity (Wildman–Crippen MR) is 84.4 cm³/mol. The minimum atomic E-state index is -4.49. The first kappa shape index (κ1) is 17.1. The number of nitrogens with one attached hydrogen (secondary N) is 1. The van der Waals surface area contributed by atoms with Crippen molar-refractivity contribution in [2.75, 3.05) is 0 Å². The fourth-order valence-corrected chi connectivity index (χ4v) is 2.68. The lowest BCUT2D eigenvalue weighted by Gasteiger charge is -2.09. The number of hydrogen-bond donors (Lipinski definition) is 1. The van der Waals surface area contributed by atoms with Crippen LogP contribution in [0.1, 0.15) is 29.0 Å². The molecule has 1 aliphatic rings. The highest BCUT2D eigenvalue weighted by molar-refractivity contribution is 5.86. The summed E-state index contributed by atoms with van der Waals surface area (Å²) in [7, 11) is 0. The van der Waals surface area contributed by atoms with Crippen molar-refractivity contribution in [2.45, 2.75) is 18.5 Å². The van der Waals surface area contributed by atoms with Crippen LogP contribution in [0.5, 0.6) is 0 Å². The quantitative estimate of drug-likeness (QED) is 0.503. The number of amides is 1. The third-order valence-corrected chi connectivity index (χ3v) is 4.07. The lowest BCUT2D eigenvalue weighted by Crippen LogP contribution is -2.20. The fraction of sp³-hybridized carbons (Fsp3) is 0.222. The Morgan fingerprint density at radius 3 is 2.48 bits per heavy atom. The summed E-state index contributed by atoms with van der Waals surface area (Å²) in [5.41, 5.74) is 2.19. The first-order chi connectivity index (χ1) is 11.9. The van der Waals surface area contributed by atoms with E-state index in [0.717, 1.165) is 17.8 Å². The molecule has 0 spiro atoms. The van der Waals surface area contributed by atoms with Gasteiger partial charge in [-0.15, -0.1) is 0 Å².